The number of carbonyl (C=O) groups is 1. The molecule has 5 rings (SSSR count). The number of fused-ring (bicyclic) bond motifs is 1. The summed E-state index contributed by atoms with van der Waals surface area (Å²) in [4.78, 5) is 27.2. The highest BCUT2D eigenvalue weighted by Gasteiger charge is 2.28. The average molecular weight is 543 g/mol. The van der Waals surface area contributed by atoms with Gasteiger partial charge < -0.3 is 25.1 Å². The van der Waals surface area contributed by atoms with Crippen LogP contribution in [0.5, 0.6) is 5.75 Å². The van der Waals surface area contributed by atoms with Gasteiger partial charge in [0.15, 0.2) is 5.82 Å². The average Bonchev–Trinajstić information content (AvgIpc) is 2.91. The number of anilines is 2. The Kier molecular flexibility index (Phi) is 7.36. The fourth-order valence-electron chi connectivity index (χ4n) is 5.08. The van der Waals surface area contributed by atoms with E-state index >= 15 is 4.39 Å². The number of nitrogens with one attached hydrogen (secondary N) is 1. The minimum absolute atomic E-state index is 0.0305. The number of hydrogen-bond acceptors (Lipinski definition) is 7. The number of carbonyl (C=O) groups excluding carboxylic acids is 1. The van der Waals surface area contributed by atoms with E-state index in [2.05, 4.69) is 28.8 Å². The van der Waals surface area contributed by atoms with Gasteiger partial charge >= 0.3 is 0 Å². The fourth-order valence-corrected chi connectivity index (χ4v) is 5.36. The van der Waals surface area contributed by atoms with Crippen molar-refractivity contribution in [3.8, 4) is 16.9 Å². The van der Waals surface area contributed by atoms with E-state index in [4.69, 9.17) is 16.6 Å². The minimum Gasteiger partial charge on any atom is -0.507 e. The molecule has 0 bridgehead atoms. The number of amides is 1. The first-order chi connectivity index (χ1) is 18.3. The van der Waals surface area contributed by atoms with Crippen molar-refractivity contribution in [2.24, 2.45) is 0 Å². The predicted octanol–water partition coefficient (Wildman–Crippen LogP) is 4.27. The van der Waals surface area contributed by atoms with Crippen molar-refractivity contribution >= 4 is 40.2 Å². The molecule has 0 saturated carbocycles. The molecular formula is C27H29ClF2N6O2. The summed E-state index contributed by atoms with van der Waals surface area (Å²) in [7, 11) is 2.07. The molecule has 0 aliphatic carbocycles. The highest BCUT2D eigenvalue weighted by Crippen LogP contribution is 2.42. The normalized spacial score (nSPS) is 17.2. The van der Waals surface area contributed by atoms with Crippen LogP contribution in [0.3, 0.4) is 0 Å². The lowest BCUT2D eigenvalue weighted by Gasteiger charge is -2.35. The number of aromatic nitrogens is 2. The Morgan fingerprint density at radius 2 is 1.84 bits per heavy atom. The van der Waals surface area contributed by atoms with Gasteiger partial charge in [0.05, 0.1) is 10.6 Å². The predicted molar refractivity (Wildman–Crippen MR) is 145 cm³/mol. The van der Waals surface area contributed by atoms with Crippen molar-refractivity contribution in [1.29, 1.82) is 0 Å². The summed E-state index contributed by atoms with van der Waals surface area (Å²) >= 11 is 6.51. The molecule has 2 fully saturated rings. The van der Waals surface area contributed by atoms with Crippen LogP contribution in [0.4, 0.5) is 20.5 Å². The number of phenolic OH excluding ortho intramolecular Hbond substituents is 1. The molecule has 0 spiro atoms. The summed E-state index contributed by atoms with van der Waals surface area (Å²) in [6.07, 6.45) is 3.05. The second kappa shape index (κ2) is 10.7. The van der Waals surface area contributed by atoms with E-state index in [1.165, 1.54) is 24.3 Å². The fraction of sp³-hybridized carbons (Fsp3) is 0.370. The molecule has 11 heteroatoms. The Bertz CT molecular complexity index is 1370. The number of benzene rings is 2. The molecule has 3 heterocycles. The van der Waals surface area contributed by atoms with Gasteiger partial charge in [0.25, 0.3) is 0 Å². The van der Waals surface area contributed by atoms with E-state index < -0.39 is 17.4 Å². The van der Waals surface area contributed by atoms with Gasteiger partial charge in [0, 0.05) is 43.2 Å². The third-order valence-corrected chi connectivity index (χ3v) is 7.52. The Morgan fingerprint density at radius 1 is 1.13 bits per heavy atom. The molecule has 0 atom stereocenters. The largest absolute Gasteiger partial charge is 0.507 e. The third kappa shape index (κ3) is 4.98. The van der Waals surface area contributed by atoms with E-state index in [0.29, 0.717) is 37.4 Å². The van der Waals surface area contributed by atoms with Crippen LogP contribution in [-0.2, 0) is 4.79 Å². The number of rotatable bonds is 5. The van der Waals surface area contributed by atoms with Gasteiger partial charge in [-0.2, -0.15) is 4.98 Å². The lowest BCUT2D eigenvalue weighted by Crippen LogP contribution is -2.48. The van der Waals surface area contributed by atoms with Crippen molar-refractivity contribution in [3.63, 3.8) is 0 Å². The second-order valence-electron chi connectivity index (χ2n) is 9.69. The summed E-state index contributed by atoms with van der Waals surface area (Å²) in [6, 6.07) is 5.38. The van der Waals surface area contributed by atoms with Crippen LogP contribution in [0.25, 0.3) is 22.0 Å². The van der Waals surface area contributed by atoms with Gasteiger partial charge in [-0.15, -0.1) is 0 Å². The molecule has 200 valence electrons. The summed E-state index contributed by atoms with van der Waals surface area (Å²) in [5.74, 6) is -1.48. The molecule has 2 aromatic carbocycles. The number of piperidine rings is 1. The van der Waals surface area contributed by atoms with E-state index in [1.807, 2.05) is 4.90 Å². The van der Waals surface area contributed by atoms with Crippen LogP contribution >= 0.6 is 11.6 Å². The molecular weight excluding hydrogens is 514 g/mol. The molecule has 1 aromatic heterocycles. The maximum absolute atomic E-state index is 16.2. The van der Waals surface area contributed by atoms with E-state index in [-0.39, 0.29) is 39.6 Å². The maximum atomic E-state index is 16.2. The number of halogens is 3. The second-order valence-corrected chi connectivity index (χ2v) is 10.1. The molecule has 3 aromatic rings. The molecule has 0 radical (unpaired) electrons. The quantitative estimate of drug-likeness (QED) is 0.466. The molecule has 8 nitrogen and oxygen atoms in total. The molecule has 2 aliphatic rings. The Labute approximate surface area is 224 Å². The van der Waals surface area contributed by atoms with Crippen molar-refractivity contribution in [2.45, 2.75) is 18.9 Å². The molecule has 1 amide bonds. The first-order valence-corrected chi connectivity index (χ1v) is 12.9. The molecule has 2 aliphatic heterocycles. The van der Waals surface area contributed by atoms with Crippen molar-refractivity contribution in [3.05, 3.63) is 53.6 Å². The molecule has 2 saturated heterocycles. The van der Waals surface area contributed by atoms with Gasteiger partial charge in [0.1, 0.15) is 22.9 Å². The van der Waals surface area contributed by atoms with Gasteiger partial charge in [-0.25, -0.2) is 13.8 Å². The standard InChI is InChI=1S/C27H29ClF2N6O2/c1-3-21(38)35-11-13-36(14-12-35)26-17-15-18(28)22(23-19(29)5-4-6-20(23)37)24(30)25(17)32-27(33-26)31-16-7-9-34(2)10-8-16/h3-6,15-16,37H,1,7-14H2,2H3,(H,31,32,33). The number of hydrogen-bond donors (Lipinski definition) is 2. The Hall–Kier alpha value is -3.50. The van der Waals surface area contributed by atoms with E-state index in [1.54, 1.807) is 4.90 Å². The smallest absolute Gasteiger partial charge is 0.246 e. The van der Waals surface area contributed by atoms with Crippen LogP contribution in [0.2, 0.25) is 5.02 Å². The van der Waals surface area contributed by atoms with Crippen LogP contribution in [0, 0.1) is 11.6 Å². The summed E-state index contributed by atoms with van der Waals surface area (Å²) < 4.78 is 30.9. The first kappa shape index (κ1) is 26.1. The summed E-state index contributed by atoms with van der Waals surface area (Å²) in [6.45, 7) is 7.22. The zero-order chi connectivity index (χ0) is 27.0. The van der Waals surface area contributed by atoms with Gasteiger partial charge in [-0.3, -0.25) is 4.79 Å². The highest BCUT2D eigenvalue weighted by molar-refractivity contribution is 6.34. The SMILES string of the molecule is C=CC(=O)N1CCN(c2nc(NC3CCN(C)CC3)nc3c(F)c(-c4c(O)cccc4F)c(Cl)cc23)CC1. The van der Waals surface area contributed by atoms with E-state index in [0.717, 1.165) is 32.0 Å². The number of phenols is 1. The topological polar surface area (TPSA) is 84.8 Å². The van der Waals surface area contributed by atoms with Gasteiger partial charge in [-0.05, 0) is 57.3 Å². The molecule has 2 N–H and O–H groups in total. The lowest BCUT2D eigenvalue weighted by atomic mass is 10.0. The van der Waals surface area contributed by atoms with Gasteiger partial charge in [0.2, 0.25) is 11.9 Å². The van der Waals surface area contributed by atoms with Crippen molar-refractivity contribution in [2.75, 3.05) is 56.5 Å². The number of nitrogens with zero attached hydrogens (tertiary/aromatic N) is 5. The third-order valence-electron chi connectivity index (χ3n) is 7.22. The Balaban J connectivity index is 1.61. The summed E-state index contributed by atoms with van der Waals surface area (Å²) in [5, 5.41) is 14.0. The molecule has 0 unspecified atom stereocenters. The number of piperazine rings is 1. The van der Waals surface area contributed by atoms with Crippen LogP contribution in [0.1, 0.15) is 12.8 Å². The van der Waals surface area contributed by atoms with Crippen LogP contribution < -0.4 is 10.2 Å². The zero-order valence-corrected chi connectivity index (χ0v) is 21.8. The van der Waals surface area contributed by atoms with Crippen LogP contribution in [0.15, 0.2) is 36.9 Å². The van der Waals surface area contributed by atoms with Crippen molar-refractivity contribution in [1.82, 2.24) is 19.8 Å². The maximum Gasteiger partial charge on any atom is 0.246 e. The Morgan fingerprint density at radius 3 is 2.50 bits per heavy atom. The summed E-state index contributed by atoms with van der Waals surface area (Å²) in [5.41, 5.74) is -0.610. The van der Waals surface area contributed by atoms with E-state index in [9.17, 15) is 14.3 Å². The molecule has 38 heavy (non-hydrogen) atoms. The highest BCUT2D eigenvalue weighted by atomic mass is 35.5. The van der Waals surface area contributed by atoms with Gasteiger partial charge in [-0.1, -0.05) is 24.2 Å². The first-order valence-electron chi connectivity index (χ1n) is 12.6. The number of likely N-dealkylation sites (tertiary alicyclic amines) is 1. The van der Waals surface area contributed by atoms with Crippen molar-refractivity contribution < 1.29 is 18.7 Å². The minimum atomic E-state index is -0.844. The monoisotopic (exact) mass is 542 g/mol. The zero-order valence-electron chi connectivity index (χ0n) is 21.1. The number of aromatic hydroxyl groups is 1. The lowest BCUT2D eigenvalue weighted by molar-refractivity contribution is -0.126. The van der Waals surface area contributed by atoms with Crippen LogP contribution in [-0.4, -0.2) is 83.1 Å².